The quantitative estimate of drug-likeness (QED) is 0.838. The summed E-state index contributed by atoms with van der Waals surface area (Å²) in [6.45, 7) is 2.38. The molecule has 1 unspecified atom stereocenters. The van der Waals surface area contributed by atoms with Gasteiger partial charge in [0.05, 0.1) is 13.7 Å². The second kappa shape index (κ2) is 8.00. The Kier molecular flexibility index (Phi) is 6.02. The first-order valence-electron chi connectivity index (χ1n) is 7.55. The average molecular weight is 291 g/mol. The summed E-state index contributed by atoms with van der Waals surface area (Å²) in [5.41, 5.74) is 0.779. The molecule has 1 saturated heterocycles. The molecule has 1 aliphatic rings. The molecule has 1 aliphatic heterocycles. The average Bonchev–Trinajstić information content (AvgIpc) is 2.49. The highest BCUT2D eigenvalue weighted by atomic mass is 16.5. The summed E-state index contributed by atoms with van der Waals surface area (Å²) in [5, 5.41) is 6.16. The SMILES string of the molecule is CNCC1CCCCN1CC(=O)Nc1cccc(OC)c1. The van der Waals surface area contributed by atoms with Gasteiger partial charge in [0.1, 0.15) is 5.75 Å². The lowest BCUT2D eigenvalue weighted by molar-refractivity contribution is -0.118. The third-order valence-corrected chi connectivity index (χ3v) is 3.89. The van der Waals surface area contributed by atoms with E-state index in [4.69, 9.17) is 4.74 Å². The first kappa shape index (κ1) is 15.8. The maximum absolute atomic E-state index is 12.2. The number of amides is 1. The van der Waals surface area contributed by atoms with Gasteiger partial charge in [0, 0.05) is 24.3 Å². The normalized spacial score (nSPS) is 19.2. The number of nitrogens with one attached hydrogen (secondary N) is 2. The zero-order valence-electron chi connectivity index (χ0n) is 12.9. The molecule has 5 heteroatoms. The van der Waals surface area contributed by atoms with E-state index >= 15 is 0 Å². The van der Waals surface area contributed by atoms with E-state index in [2.05, 4.69) is 15.5 Å². The van der Waals surface area contributed by atoms with Gasteiger partial charge >= 0.3 is 0 Å². The van der Waals surface area contributed by atoms with Crippen LogP contribution in [0.25, 0.3) is 0 Å². The number of carbonyl (C=O) groups excluding carboxylic acids is 1. The van der Waals surface area contributed by atoms with Crippen molar-refractivity contribution in [3.8, 4) is 5.75 Å². The van der Waals surface area contributed by atoms with E-state index < -0.39 is 0 Å². The highest BCUT2D eigenvalue weighted by Gasteiger charge is 2.23. The summed E-state index contributed by atoms with van der Waals surface area (Å²) in [7, 11) is 3.58. The van der Waals surface area contributed by atoms with Crippen molar-refractivity contribution >= 4 is 11.6 Å². The summed E-state index contributed by atoms with van der Waals surface area (Å²) in [6.07, 6.45) is 3.58. The van der Waals surface area contributed by atoms with Gasteiger partial charge in [-0.05, 0) is 38.6 Å². The Hall–Kier alpha value is -1.59. The van der Waals surface area contributed by atoms with Crippen LogP contribution in [0.4, 0.5) is 5.69 Å². The van der Waals surface area contributed by atoms with Crippen LogP contribution in [0, 0.1) is 0 Å². The summed E-state index contributed by atoms with van der Waals surface area (Å²) in [4.78, 5) is 14.5. The predicted molar refractivity (Wildman–Crippen MR) is 84.8 cm³/mol. The van der Waals surface area contributed by atoms with Crippen LogP contribution in [0.3, 0.4) is 0 Å². The smallest absolute Gasteiger partial charge is 0.238 e. The van der Waals surface area contributed by atoms with E-state index in [0.29, 0.717) is 12.6 Å². The first-order chi connectivity index (χ1) is 10.2. The van der Waals surface area contributed by atoms with Gasteiger partial charge in [-0.25, -0.2) is 0 Å². The topological polar surface area (TPSA) is 53.6 Å². The van der Waals surface area contributed by atoms with Crippen LogP contribution >= 0.6 is 0 Å². The largest absolute Gasteiger partial charge is 0.497 e. The molecule has 1 aromatic carbocycles. The van der Waals surface area contributed by atoms with Gasteiger partial charge in [0.15, 0.2) is 0 Å². The Morgan fingerprint density at radius 2 is 2.29 bits per heavy atom. The third-order valence-electron chi connectivity index (χ3n) is 3.89. The van der Waals surface area contributed by atoms with Crippen molar-refractivity contribution in [3.63, 3.8) is 0 Å². The van der Waals surface area contributed by atoms with Crippen LogP contribution < -0.4 is 15.4 Å². The van der Waals surface area contributed by atoms with Gasteiger partial charge in [-0.2, -0.15) is 0 Å². The van der Waals surface area contributed by atoms with Gasteiger partial charge in [0.25, 0.3) is 0 Å². The number of anilines is 1. The van der Waals surface area contributed by atoms with Gasteiger partial charge in [-0.3, -0.25) is 9.69 Å². The number of methoxy groups -OCH3 is 1. The minimum Gasteiger partial charge on any atom is -0.497 e. The number of likely N-dealkylation sites (tertiary alicyclic amines) is 1. The summed E-state index contributed by atoms with van der Waals surface area (Å²) in [6, 6.07) is 7.91. The van der Waals surface area contributed by atoms with Crippen LogP contribution in [-0.4, -0.2) is 50.6 Å². The van der Waals surface area contributed by atoms with Crippen molar-refractivity contribution in [1.82, 2.24) is 10.2 Å². The summed E-state index contributed by atoms with van der Waals surface area (Å²) < 4.78 is 5.17. The number of benzene rings is 1. The lowest BCUT2D eigenvalue weighted by atomic mass is 10.0. The second-order valence-electron chi connectivity index (χ2n) is 5.46. The molecular formula is C16H25N3O2. The number of hydrogen-bond donors (Lipinski definition) is 2. The molecule has 0 spiro atoms. The molecule has 1 amide bonds. The standard InChI is InChI=1S/C16H25N3O2/c1-17-11-14-7-3-4-9-19(14)12-16(20)18-13-6-5-8-15(10-13)21-2/h5-6,8,10,14,17H,3-4,7,9,11-12H2,1-2H3,(H,18,20). The van der Waals surface area contributed by atoms with E-state index in [1.165, 1.54) is 12.8 Å². The molecule has 1 fully saturated rings. The van der Waals surface area contributed by atoms with Crippen LogP contribution in [0.2, 0.25) is 0 Å². The van der Waals surface area contributed by atoms with Gasteiger partial charge in [-0.1, -0.05) is 12.5 Å². The molecule has 2 N–H and O–H groups in total. The molecule has 0 saturated carbocycles. The van der Waals surface area contributed by atoms with Crippen molar-refractivity contribution in [2.24, 2.45) is 0 Å². The van der Waals surface area contributed by atoms with Gasteiger partial charge in [0.2, 0.25) is 5.91 Å². The van der Waals surface area contributed by atoms with Crippen LogP contribution in [0.5, 0.6) is 5.75 Å². The maximum Gasteiger partial charge on any atom is 0.238 e. The minimum atomic E-state index is 0.0336. The Labute approximate surface area is 126 Å². The van der Waals surface area contributed by atoms with E-state index in [1.54, 1.807) is 7.11 Å². The van der Waals surface area contributed by atoms with Crippen molar-refractivity contribution < 1.29 is 9.53 Å². The summed E-state index contributed by atoms with van der Waals surface area (Å²) >= 11 is 0. The van der Waals surface area contributed by atoms with Crippen molar-refractivity contribution in [1.29, 1.82) is 0 Å². The molecular weight excluding hydrogens is 266 g/mol. The molecule has 21 heavy (non-hydrogen) atoms. The lowest BCUT2D eigenvalue weighted by Gasteiger charge is -2.35. The molecule has 0 aromatic heterocycles. The molecule has 1 heterocycles. The van der Waals surface area contributed by atoms with Crippen molar-refractivity contribution in [2.75, 3.05) is 39.1 Å². The number of hydrogen-bond acceptors (Lipinski definition) is 4. The predicted octanol–water partition coefficient (Wildman–Crippen LogP) is 1.71. The zero-order valence-corrected chi connectivity index (χ0v) is 12.9. The second-order valence-corrected chi connectivity index (χ2v) is 5.46. The fourth-order valence-corrected chi connectivity index (χ4v) is 2.82. The molecule has 1 atom stereocenters. The molecule has 0 aliphatic carbocycles. The zero-order chi connectivity index (χ0) is 15.1. The van der Waals surface area contributed by atoms with Gasteiger partial charge in [-0.15, -0.1) is 0 Å². The monoisotopic (exact) mass is 291 g/mol. The number of nitrogens with zero attached hydrogens (tertiary/aromatic N) is 1. The van der Waals surface area contributed by atoms with Crippen LogP contribution in [-0.2, 0) is 4.79 Å². The molecule has 5 nitrogen and oxygen atoms in total. The maximum atomic E-state index is 12.2. The van der Waals surface area contributed by atoms with E-state index in [-0.39, 0.29) is 5.91 Å². The molecule has 0 bridgehead atoms. The van der Waals surface area contributed by atoms with Gasteiger partial charge < -0.3 is 15.4 Å². The molecule has 1 aromatic rings. The number of rotatable bonds is 6. The highest BCUT2D eigenvalue weighted by molar-refractivity contribution is 5.92. The Bertz CT molecular complexity index is 463. The van der Waals surface area contributed by atoms with Crippen molar-refractivity contribution in [3.05, 3.63) is 24.3 Å². The number of piperidine rings is 1. The van der Waals surface area contributed by atoms with E-state index in [1.807, 2.05) is 31.3 Å². The molecule has 2 rings (SSSR count). The molecule has 0 radical (unpaired) electrons. The summed E-state index contributed by atoms with van der Waals surface area (Å²) in [5.74, 6) is 0.782. The lowest BCUT2D eigenvalue weighted by Crippen LogP contribution is -2.47. The Morgan fingerprint density at radius 1 is 1.43 bits per heavy atom. The highest BCUT2D eigenvalue weighted by Crippen LogP contribution is 2.18. The van der Waals surface area contributed by atoms with E-state index in [0.717, 1.165) is 30.9 Å². The third kappa shape index (κ3) is 4.72. The fraction of sp³-hybridized carbons (Fsp3) is 0.562. The van der Waals surface area contributed by atoms with E-state index in [9.17, 15) is 4.79 Å². The number of likely N-dealkylation sites (N-methyl/N-ethyl adjacent to an activating group) is 1. The molecule has 116 valence electrons. The number of ether oxygens (including phenoxy) is 1. The number of carbonyl (C=O) groups is 1. The Balaban J connectivity index is 1.90. The first-order valence-corrected chi connectivity index (χ1v) is 7.55. The fourth-order valence-electron chi connectivity index (χ4n) is 2.82. The van der Waals surface area contributed by atoms with Crippen LogP contribution in [0.15, 0.2) is 24.3 Å². The minimum absolute atomic E-state index is 0.0336. The van der Waals surface area contributed by atoms with Crippen LogP contribution in [0.1, 0.15) is 19.3 Å². The van der Waals surface area contributed by atoms with Crippen molar-refractivity contribution in [2.45, 2.75) is 25.3 Å². The Morgan fingerprint density at radius 3 is 3.05 bits per heavy atom.